The monoisotopic (exact) mass is 351 g/mol. The molecule has 3 heterocycles. The van der Waals surface area contributed by atoms with Gasteiger partial charge in [-0.1, -0.05) is 0 Å². The molecule has 0 bridgehead atoms. The summed E-state index contributed by atoms with van der Waals surface area (Å²) in [6.07, 6.45) is 0.945. The van der Waals surface area contributed by atoms with Crippen molar-refractivity contribution >= 4 is 25.9 Å². The Kier molecular flexibility index (Phi) is 3.69. The van der Waals surface area contributed by atoms with Gasteiger partial charge in [0.2, 0.25) is 10.0 Å². The van der Waals surface area contributed by atoms with Gasteiger partial charge in [0, 0.05) is 26.7 Å². The fourth-order valence-electron chi connectivity index (χ4n) is 3.37. The molecule has 3 aliphatic heterocycles. The first-order valence-corrected chi connectivity index (χ1v) is 10.8. The molecule has 0 aromatic rings. The Morgan fingerprint density at radius 2 is 2.05 bits per heavy atom. The first kappa shape index (κ1) is 16.0. The van der Waals surface area contributed by atoms with Crippen LogP contribution in [0.4, 0.5) is 4.79 Å². The zero-order valence-electron chi connectivity index (χ0n) is 12.5. The van der Waals surface area contributed by atoms with Gasteiger partial charge in [-0.25, -0.2) is 21.6 Å². The lowest BCUT2D eigenvalue weighted by atomic mass is 9.92. The first-order valence-electron chi connectivity index (χ1n) is 7.34. The van der Waals surface area contributed by atoms with E-state index < -0.39 is 25.4 Å². The number of nitrogens with zero attached hydrogens (tertiary/aromatic N) is 2. The summed E-state index contributed by atoms with van der Waals surface area (Å²) >= 11 is 0. The van der Waals surface area contributed by atoms with Crippen molar-refractivity contribution in [2.75, 3.05) is 43.9 Å². The zero-order valence-corrected chi connectivity index (χ0v) is 14.1. The van der Waals surface area contributed by atoms with E-state index in [1.54, 1.807) is 11.9 Å². The highest BCUT2D eigenvalue weighted by Gasteiger charge is 2.55. The van der Waals surface area contributed by atoms with Gasteiger partial charge in [-0.2, -0.15) is 4.31 Å². The molecule has 0 aromatic carbocycles. The molecule has 3 aliphatic rings. The summed E-state index contributed by atoms with van der Waals surface area (Å²) in [7, 11) is -4.67. The van der Waals surface area contributed by atoms with Crippen LogP contribution >= 0.6 is 0 Å². The van der Waals surface area contributed by atoms with Gasteiger partial charge in [-0.05, 0) is 18.8 Å². The third-order valence-electron chi connectivity index (χ3n) is 5.03. The van der Waals surface area contributed by atoms with Crippen LogP contribution < -0.4 is 5.32 Å². The summed E-state index contributed by atoms with van der Waals surface area (Å²) in [5.74, 6) is 0.206. The largest absolute Gasteiger partial charge is 0.336 e. The Morgan fingerprint density at radius 1 is 1.36 bits per heavy atom. The predicted octanol–water partition coefficient (Wildman–Crippen LogP) is -1.15. The molecule has 1 spiro atoms. The van der Waals surface area contributed by atoms with E-state index in [-0.39, 0.29) is 29.2 Å². The maximum Gasteiger partial charge on any atom is 0.317 e. The number of hydrogen-bond acceptors (Lipinski definition) is 5. The summed E-state index contributed by atoms with van der Waals surface area (Å²) in [4.78, 5) is 13.1. The Hall–Kier alpha value is -0.870. The third kappa shape index (κ3) is 2.71. The standard InChI is InChI=1S/C12H21N3O5S2/c1-14-11(16)13-7-12(14)8-15(9-12)22(19,20)5-3-10-2-4-21(17,18)6-10/h10H,2-9H2,1H3,(H,13,16). The number of amides is 2. The van der Waals surface area contributed by atoms with Crippen LogP contribution in [0.25, 0.3) is 0 Å². The molecular weight excluding hydrogens is 330 g/mol. The molecule has 3 rings (SSSR count). The highest BCUT2D eigenvalue weighted by molar-refractivity contribution is 7.91. The van der Waals surface area contributed by atoms with Crippen molar-refractivity contribution < 1.29 is 21.6 Å². The van der Waals surface area contributed by atoms with Crippen molar-refractivity contribution in [1.82, 2.24) is 14.5 Å². The third-order valence-corrected chi connectivity index (χ3v) is 8.66. The SMILES string of the molecule is CN1C(=O)NCC12CN(S(=O)(=O)CCC1CCS(=O)(=O)C1)C2. The number of urea groups is 1. The van der Waals surface area contributed by atoms with Crippen LogP contribution in [0.15, 0.2) is 0 Å². The topological polar surface area (TPSA) is 104 Å². The minimum absolute atomic E-state index is 0.0195. The minimum atomic E-state index is -3.38. The normalized spacial score (nSPS) is 30.5. The van der Waals surface area contributed by atoms with Crippen LogP contribution in [0, 0.1) is 5.92 Å². The minimum Gasteiger partial charge on any atom is -0.336 e. The van der Waals surface area contributed by atoms with Crippen molar-refractivity contribution in [3.05, 3.63) is 0 Å². The molecule has 0 aliphatic carbocycles. The van der Waals surface area contributed by atoms with Crippen LogP contribution in [-0.2, 0) is 19.9 Å². The fourth-order valence-corrected chi connectivity index (χ4v) is 7.04. The van der Waals surface area contributed by atoms with Crippen LogP contribution in [-0.4, -0.2) is 81.6 Å². The van der Waals surface area contributed by atoms with Crippen molar-refractivity contribution in [2.24, 2.45) is 5.92 Å². The predicted molar refractivity (Wildman–Crippen MR) is 80.6 cm³/mol. The molecule has 0 radical (unpaired) electrons. The number of sulfone groups is 1. The second-order valence-corrected chi connectivity index (χ2v) is 10.9. The van der Waals surface area contributed by atoms with Gasteiger partial charge in [0.15, 0.2) is 9.84 Å². The number of carbonyl (C=O) groups excluding carboxylic acids is 1. The molecule has 1 N–H and O–H groups in total. The molecule has 1 unspecified atom stereocenters. The first-order chi connectivity index (χ1) is 10.1. The van der Waals surface area contributed by atoms with Crippen molar-refractivity contribution in [3.8, 4) is 0 Å². The Bertz CT molecular complexity index is 682. The van der Waals surface area contributed by atoms with Gasteiger partial charge in [-0.15, -0.1) is 0 Å². The summed E-state index contributed by atoms with van der Waals surface area (Å²) < 4.78 is 48.8. The Balaban J connectivity index is 1.54. The van der Waals surface area contributed by atoms with Crippen molar-refractivity contribution in [3.63, 3.8) is 0 Å². The van der Waals surface area contributed by atoms with E-state index in [0.717, 1.165) is 0 Å². The van der Waals surface area contributed by atoms with Crippen molar-refractivity contribution in [1.29, 1.82) is 0 Å². The van der Waals surface area contributed by atoms with E-state index in [1.807, 2.05) is 0 Å². The van der Waals surface area contributed by atoms with Gasteiger partial charge < -0.3 is 10.2 Å². The lowest BCUT2D eigenvalue weighted by Gasteiger charge is -2.49. The molecule has 22 heavy (non-hydrogen) atoms. The van der Waals surface area contributed by atoms with E-state index in [4.69, 9.17) is 0 Å². The second kappa shape index (κ2) is 5.07. The van der Waals surface area contributed by atoms with Gasteiger partial charge in [0.25, 0.3) is 0 Å². The summed E-state index contributed by atoms with van der Waals surface area (Å²) in [5.41, 5.74) is -0.416. The highest BCUT2D eigenvalue weighted by Crippen LogP contribution is 2.33. The Morgan fingerprint density at radius 3 is 2.55 bits per heavy atom. The number of hydrogen-bond donors (Lipinski definition) is 1. The molecule has 10 heteroatoms. The van der Waals surface area contributed by atoms with E-state index in [2.05, 4.69) is 5.32 Å². The van der Waals surface area contributed by atoms with Crippen LogP contribution in [0.2, 0.25) is 0 Å². The van der Waals surface area contributed by atoms with E-state index in [9.17, 15) is 21.6 Å². The van der Waals surface area contributed by atoms with Crippen molar-refractivity contribution in [2.45, 2.75) is 18.4 Å². The molecule has 2 amide bonds. The number of carbonyl (C=O) groups is 1. The average Bonchev–Trinajstić information content (AvgIpc) is 2.87. The highest BCUT2D eigenvalue weighted by atomic mass is 32.2. The molecule has 3 saturated heterocycles. The summed E-state index contributed by atoms with van der Waals surface area (Å²) in [6.45, 7) is 1.09. The zero-order chi connectivity index (χ0) is 16.2. The number of sulfonamides is 1. The fraction of sp³-hybridized carbons (Fsp3) is 0.917. The Labute approximate surface area is 130 Å². The molecule has 126 valence electrons. The molecule has 0 aromatic heterocycles. The lowest BCUT2D eigenvalue weighted by molar-refractivity contribution is 0.0626. The molecule has 8 nitrogen and oxygen atoms in total. The second-order valence-electron chi connectivity index (χ2n) is 6.58. The number of nitrogens with one attached hydrogen (secondary N) is 1. The van der Waals surface area contributed by atoms with Crippen LogP contribution in [0.3, 0.4) is 0 Å². The number of rotatable bonds is 4. The van der Waals surface area contributed by atoms with E-state index in [1.165, 1.54) is 4.31 Å². The average molecular weight is 351 g/mol. The molecule has 1 atom stereocenters. The quantitative estimate of drug-likeness (QED) is 0.689. The maximum absolute atomic E-state index is 12.3. The number of likely N-dealkylation sites (N-methyl/N-ethyl adjacent to an activating group) is 1. The smallest absolute Gasteiger partial charge is 0.317 e. The van der Waals surface area contributed by atoms with Crippen LogP contribution in [0.1, 0.15) is 12.8 Å². The lowest BCUT2D eigenvalue weighted by Crippen LogP contribution is -2.70. The molecule has 3 fully saturated rings. The maximum atomic E-state index is 12.3. The van der Waals surface area contributed by atoms with E-state index in [0.29, 0.717) is 32.5 Å². The summed E-state index contributed by atoms with van der Waals surface area (Å²) in [5, 5.41) is 2.72. The van der Waals surface area contributed by atoms with Crippen LogP contribution in [0.5, 0.6) is 0 Å². The van der Waals surface area contributed by atoms with Gasteiger partial charge in [0.05, 0.1) is 22.8 Å². The van der Waals surface area contributed by atoms with Gasteiger partial charge in [-0.3, -0.25) is 0 Å². The molecular formula is C12H21N3O5S2. The summed E-state index contributed by atoms with van der Waals surface area (Å²) in [6, 6.07) is -0.173. The van der Waals surface area contributed by atoms with E-state index >= 15 is 0 Å². The van der Waals surface area contributed by atoms with Gasteiger partial charge >= 0.3 is 6.03 Å². The molecule has 0 saturated carbocycles. The van der Waals surface area contributed by atoms with Gasteiger partial charge in [0.1, 0.15) is 0 Å².